The van der Waals surface area contributed by atoms with Crippen LogP contribution in [0.25, 0.3) is 6.08 Å². The maximum atomic E-state index is 12.5. The molecule has 4 rings (SSSR count). The molecule has 172 valence electrons. The average molecular weight is 457 g/mol. The zero-order valence-corrected chi connectivity index (χ0v) is 17.7. The fourth-order valence-electron chi connectivity index (χ4n) is 3.78. The van der Waals surface area contributed by atoms with Gasteiger partial charge in [-0.25, -0.2) is 4.98 Å². The first-order chi connectivity index (χ1) is 15.7. The van der Waals surface area contributed by atoms with E-state index in [1.807, 2.05) is 12.1 Å². The van der Waals surface area contributed by atoms with Gasteiger partial charge in [0.05, 0.1) is 0 Å². The molecule has 1 aromatic heterocycles. The molecule has 0 aliphatic carbocycles. The molecule has 3 heterocycles. The molecule has 2 aliphatic rings. The summed E-state index contributed by atoms with van der Waals surface area (Å²) in [5.74, 6) is 0.181. The predicted octanol–water partition coefficient (Wildman–Crippen LogP) is 4.28. The summed E-state index contributed by atoms with van der Waals surface area (Å²) in [5.41, 5.74) is 3.76. The molecular formula is C24H22F3N3O3. The molecule has 0 bridgehead atoms. The Bertz CT molecular complexity index is 1110. The van der Waals surface area contributed by atoms with Crippen molar-refractivity contribution in [3.8, 4) is 5.75 Å². The van der Waals surface area contributed by atoms with Crippen LogP contribution in [-0.2, 0) is 22.4 Å². The van der Waals surface area contributed by atoms with Crippen LogP contribution in [0.3, 0.4) is 0 Å². The second-order valence-corrected chi connectivity index (χ2v) is 7.92. The fraction of sp³-hybridized carbons (Fsp3) is 0.292. The van der Waals surface area contributed by atoms with Gasteiger partial charge < -0.3 is 15.0 Å². The summed E-state index contributed by atoms with van der Waals surface area (Å²) >= 11 is 0. The lowest BCUT2D eigenvalue weighted by Gasteiger charge is -2.25. The lowest BCUT2D eigenvalue weighted by molar-refractivity contribution is -0.274. The number of fused-ring (bicyclic) bond motifs is 1. The predicted molar refractivity (Wildman–Crippen MR) is 116 cm³/mol. The van der Waals surface area contributed by atoms with Crippen LogP contribution in [-0.4, -0.2) is 41.2 Å². The van der Waals surface area contributed by atoms with Gasteiger partial charge in [0, 0.05) is 31.8 Å². The number of pyridine rings is 1. The minimum atomic E-state index is -4.70. The first kappa shape index (κ1) is 22.6. The van der Waals surface area contributed by atoms with E-state index in [1.165, 1.54) is 18.2 Å². The molecule has 0 saturated carbocycles. The summed E-state index contributed by atoms with van der Waals surface area (Å²) in [7, 11) is 0. The summed E-state index contributed by atoms with van der Waals surface area (Å²) in [6.45, 7) is 1.04. The SMILES string of the molecule is O=C1CCc2cc(/C=C/C(=O)N3CC=C(Cc4ccc(OC(F)(F)F)cc4)CC3)cnc2N1. The van der Waals surface area contributed by atoms with Crippen molar-refractivity contribution in [3.05, 3.63) is 70.9 Å². The number of benzene rings is 1. The molecule has 0 spiro atoms. The van der Waals surface area contributed by atoms with Crippen molar-refractivity contribution in [1.82, 2.24) is 9.88 Å². The number of aromatic nitrogens is 1. The molecule has 2 aliphatic heterocycles. The molecule has 0 fully saturated rings. The van der Waals surface area contributed by atoms with Crippen LogP contribution in [0.1, 0.15) is 29.5 Å². The van der Waals surface area contributed by atoms with Gasteiger partial charge in [-0.3, -0.25) is 9.59 Å². The topological polar surface area (TPSA) is 71.5 Å². The molecule has 1 N–H and O–H groups in total. The van der Waals surface area contributed by atoms with E-state index in [0.717, 1.165) is 22.3 Å². The highest BCUT2D eigenvalue weighted by Gasteiger charge is 2.31. The monoisotopic (exact) mass is 457 g/mol. The number of anilines is 1. The number of hydrogen-bond donors (Lipinski definition) is 1. The quantitative estimate of drug-likeness (QED) is 0.538. The third-order valence-corrected chi connectivity index (χ3v) is 5.49. The molecule has 9 heteroatoms. The minimum Gasteiger partial charge on any atom is -0.406 e. The Balaban J connectivity index is 1.30. The number of aryl methyl sites for hydroxylation is 1. The van der Waals surface area contributed by atoms with E-state index in [9.17, 15) is 22.8 Å². The molecule has 6 nitrogen and oxygen atoms in total. The standard InChI is InChI=1S/C24H22F3N3O3/c25-24(26,27)33-20-5-1-16(2-6-20)13-17-9-11-30(12-10-17)22(32)8-3-18-14-19-4-7-21(31)29-23(19)28-15-18/h1-3,5-6,8-9,14-15H,4,7,10-13H2,(H,28,29,31)/b8-3+. The summed E-state index contributed by atoms with van der Waals surface area (Å²) in [6.07, 6.45) is 4.50. The van der Waals surface area contributed by atoms with Crippen molar-refractivity contribution >= 4 is 23.7 Å². The van der Waals surface area contributed by atoms with Crippen LogP contribution in [0.15, 0.2) is 54.3 Å². The number of nitrogens with one attached hydrogen (secondary N) is 1. The number of nitrogens with zero attached hydrogens (tertiary/aromatic N) is 2. The van der Waals surface area contributed by atoms with Gasteiger partial charge in [0.25, 0.3) is 0 Å². The molecule has 0 radical (unpaired) electrons. The zero-order valence-electron chi connectivity index (χ0n) is 17.7. The maximum absolute atomic E-state index is 12.5. The lowest BCUT2D eigenvalue weighted by Crippen LogP contribution is -2.33. The number of carbonyl (C=O) groups is 2. The van der Waals surface area contributed by atoms with E-state index in [4.69, 9.17) is 0 Å². The number of halogens is 3. The Kier molecular flexibility index (Phi) is 6.48. The third kappa shape index (κ3) is 6.21. The van der Waals surface area contributed by atoms with Gasteiger partial charge in [-0.2, -0.15) is 0 Å². The van der Waals surface area contributed by atoms with Gasteiger partial charge in [0.1, 0.15) is 11.6 Å². The van der Waals surface area contributed by atoms with E-state index in [2.05, 4.69) is 15.0 Å². The number of ether oxygens (including phenoxy) is 1. The highest BCUT2D eigenvalue weighted by molar-refractivity contribution is 5.94. The number of hydrogen-bond acceptors (Lipinski definition) is 4. The van der Waals surface area contributed by atoms with Crippen LogP contribution in [0.5, 0.6) is 5.75 Å². The minimum absolute atomic E-state index is 0.0431. The molecule has 1 aromatic carbocycles. The Morgan fingerprint density at radius 3 is 2.67 bits per heavy atom. The van der Waals surface area contributed by atoms with E-state index in [1.54, 1.807) is 29.3 Å². The van der Waals surface area contributed by atoms with Crippen molar-refractivity contribution in [2.45, 2.75) is 32.0 Å². The number of alkyl halides is 3. The van der Waals surface area contributed by atoms with Gasteiger partial charge in [-0.15, -0.1) is 13.2 Å². The second kappa shape index (κ2) is 9.48. The zero-order chi connectivity index (χ0) is 23.4. The highest BCUT2D eigenvalue weighted by Crippen LogP contribution is 2.25. The molecule has 0 atom stereocenters. The molecular weight excluding hydrogens is 435 g/mol. The Labute approximate surface area is 188 Å². The fourth-order valence-corrected chi connectivity index (χ4v) is 3.78. The molecule has 2 aromatic rings. The molecule has 33 heavy (non-hydrogen) atoms. The Morgan fingerprint density at radius 1 is 1.18 bits per heavy atom. The van der Waals surface area contributed by atoms with Crippen LogP contribution in [0, 0.1) is 0 Å². The Morgan fingerprint density at radius 2 is 1.97 bits per heavy atom. The van der Waals surface area contributed by atoms with Crippen molar-refractivity contribution in [2.75, 3.05) is 18.4 Å². The first-order valence-electron chi connectivity index (χ1n) is 10.5. The van der Waals surface area contributed by atoms with Crippen molar-refractivity contribution in [3.63, 3.8) is 0 Å². The van der Waals surface area contributed by atoms with Crippen molar-refractivity contribution in [2.24, 2.45) is 0 Å². The van der Waals surface area contributed by atoms with E-state index in [0.29, 0.717) is 44.6 Å². The van der Waals surface area contributed by atoms with E-state index >= 15 is 0 Å². The summed E-state index contributed by atoms with van der Waals surface area (Å²) in [5, 5.41) is 2.73. The van der Waals surface area contributed by atoms with Gasteiger partial charge in [0.2, 0.25) is 11.8 Å². The summed E-state index contributed by atoms with van der Waals surface area (Å²) < 4.78 is 40.7. The van der Waals surface area contributed by atoms with Crippen LogP contribution in [0.2, 0.25) is 0 Å². The lowest BCUT2D eigenvalue weighted by atomic mass is 9.99. The molecule has 0 unspecified atom stereocenters. The van der Waals surface area contributed by atoms with Crippen LogP contribution >= 0.6 is 0 Å². The summed E-state index contributed by atoms with van der Waals surface area (Å²) in [6, 6.07) is 7.75. The van der Waals surface area contributed by atoms with Gasteiger partial charge in [-0.05, 0) is 60.2 Å². The van der Waals surface area contributed by atoms with E-state index in [-0.39, 0.29) is 17.6 Å². The number of carbonyl (C=O) groups excluding carboxylic acids is 2. The summed E-state index contributed by atoms with van der Waals surface area (Å²) in [4.78, 5) is 29.9. The third-order valence-electron chi connectivity index (χ3n) is 5.49. The molecule has 0 saturated heterocycles. The van der Waals surface area contributed by atoms with Crippen molar-refractivity contribution < 1.29 is 27.5 Å². The van der Waals surface area contributed by atoms with Crippen molar-refractivity contribution in [1.29, 1.82) is 0 Å². The van der Waals surface area contributed by atoms with Crippen LogP contribution in [0.4, 0.5) is 19.0 Å². The van der Waals surface area contributed by atoms with Gasteiger partial charge >= 0.3 is 6.36 Å². The highest BCUT2D eigenvalue weighted by atomic mass is 19.4. The second-order valence-electron chi connectivity index (χ2n) is 7.92. The largest absolute Gasteiger partial charge is 0.573 e. The first-order valence-corrected chi connectivity index (χ1v) is 10.5. The van der Waals surface area contributed by atoms with Gasteiger partial charge in [0.15, 0.2) is 0 Å². The molecule has 2 amide bonds. The smallest absolute Gasteiger partial charge is 0.406 e. The maximum Gasteiger partial charge on any atom is 0.573 e. The number of rotatable bonds is 5. The number of amides is 2. The van der Waals surface area contributed by atoms with Gasteiger partial charge in [-0.1, -0.05) is 23.8 Å². The van der Waals surface area contributed by atoms with Crippen LogP contribution < -0.4 is 10.1 Å². The Hall–Kier alpha value is -3.62. The normalized spacial score (nSPS) is 16.3. The van der Waals surface area contributed by atoms with E-state index < -0.39 is 6.36 Å². The average Bonchev–Trinajstić information content (AvgIpc) is 2.78.